The largest absolute Gasteiger partial charge is 0.290 e. The van der Waals surface area contributed by atoms with Crippen LogP contribution in [0, 0.1) is 5.92 Å². The summed E-state index contributed by atoms with van der Waals surface area (Å²) in [6.45, 7) is 0. The van der Waals surface area contributed by atoms with E-state index in [0.29, 0.717) is 10.6 Å². The van der Waals surface area contributed by atoms with Crippen LogP contribution in [0.25, 0.3) is 5.57 Å². The third-order valence-corrected chi connectivity index (χ3v) is 5.53. The summed E-state index contributed by atoms with van der Waals surface area (Å²) in [5, 5.41) is 0.424. The van der Waals surface area contributed by atoms with Crippen molar-refractivity contribution in [3.8, 4) is 0 Å². The fraction of sp³-hybridized carbons (Fsp3) is 0.0769. The van der Waals surface area contributed by atoms with E-state index in [4.69, 9.17) is 11.6 Å². The van der Waals surface area contributed by atoms with Gasteiger partial charge in [-0.25, -0.2) is 0 Å². The first-order valence-corrected chi connectivity index (χ1v) is 10.1. The molecule has 0 aromatic heterocycles. The van der Waals surface area contributed by atoms with E-state index in [1.54, 1.807) is 0 Å². The molecule has 0 spiro atoms. The minimum Gasteiger partial charge on any atom is -0.290 e. The molecule has 1 fully saturated rings. The molecule has 0 unspecified atom stereocenters. The highest BCUT2D eigenvalue weighted by Crippen LogP contribution is 2.31. The van der Waals surface area contributed by atoms with Crippen molar-refractivity contribution in [1.82, 2.24) is 0 Å². The fourth-order valence-corrected chi connectivity index (χ4v) is 3.83. The summed E-state index contributed by atoms with van der Waals surface area (Å²) in [5.41, 5.74) is 2.44. The lowest BCUT2D eigenvalue weighted by Gasteiger charge is -2.23. The highest BCUT2D eigenvalue weighted by molar-refractivity contribution is 6.62. The zero-order chi connectivity index (χ0) is 22.0. The Morgan fingerprint density at radius 3 is 1.52 bits per heavy atom. The summed E-state index contributed by atoms with van der Waals surface area (Å²) < 4.78 is 0. The summed E-state index contributed by atoms with van der Waals surface area (Å²) in [6, 6.07) is 24.4. The van der Waals surface area contributed by atoms with Crippen molar-refractivity contribution in [1.29, 1.82) is 0 Å². The van der Waals surface area contributed by atoms with Crippen LogP contribution in [0.4, 0.5) is 0 Å². The van der Waals surface area contributed by atoms with Crippen molar-refractivity contribution in [2.24, 2.45) is 5.92 Å². The number of hydrogen-bond acceptors (Lipinski definition) is 4. The van der Waals surface area contributed by atoms with Gasteiger partial charge in [0.25, 0.3) is 0 Å². The summed E-state index contributed by atoms with van der Waals surface area (Å²) in [4.78, 5) is 51.6. The lowest BCUT2D eigenvalue weighted by atomic mass is 9.74. The van der Waals surface area contributed by atoms with Gasteiger partial charge < -0.3 is 0 Å². The fourth-order valence-electron chi connectivity index (χ4n) is 3.70. The number of rotatable bonds is 4. The van der Waals surface area contributed by atoms with Gasteiger partial charge in [0.05, 0.1) is 0 Å². The van der Waals surface area contributed by atoms with Crippen molar-refractivity contribution in [3.63, 3.8) is 0 Å². The number of ketones is 4. The van der Waals surface area contributed by atoms with Gasteiger partial charge in [0.2, 0.25) is 23.1 Å². The first-order valence-electron chi connectivity index (χ1n) is 9.71. The predicted molar refractivity (Wildman–Crippen MR) is 118 cm³/mol. The molecule has 0 bridgehead atoms. The minimum absolute atomic E-state index is 0.287. The van der Waals surface area contributed by atoms with Gasteiger partial charge in [0, 0.05) is 5.02 Å². The summed E-state index contributed by atoms with van der Waals surface area (Å²) in [6.07, 6.45) is 1.43. The van der Waals surface area contributed by atoms with E-state index in [1.165, 1.54) is 30.3 Å². The highest BCUT2D eigenvalue weighted by Gasteiger charge is 2.48. The molecule has 3 aromatic carbocycles. The second-order valence-corrected chi connectivity index (χ2v) is 7.67. The first-order chi connectivity index (χ1) is 15.0. The molecule has 0 aliphatic heterocycles. The third-order valence-electron chi connectivity index (χ3n) is 5.28. The van der Waals surface area contributed by atoms with Crippen molar-refractivity contribution >= 4 is 40.3 Å². The van der Waals surface area contributed by atoms with Crippen LogP contribution in [0.3, 0.4) is 0 Å². The summed E-state index contributed by atoms with van der Waals surface area (Å²) in [7, 11) is 0. The van der Waals surface area contributed by atoms with Crippen LogP contribution in [0.5, 0.6) is 0 Å². The SMILES string of the molecule is O=C1C(=O)C(c2ccc(Cl)cc2)C(=O)C(=O)C1C=C(c1ccccc1)c1ccccc1. The lowest BCUT2D eigenvalue weighted by molar-refractivity contribution is -0.151. The van der Waals surface area contributed by atoms with Gasteiger partial charge in [-0.15, -0.1) is 0 Å². The van der Waals surface area contributed by atoms with Crippen LogP contribution < -0.4 is 0 Å². The molecule has 0 N–H and O–H groups in total. The Morgan fingerprint density at radius 1 is 0.613 bits per heavy atom. The van der Waals surface area contributed by atoms with E-state index < -0.39 is 35.0 Å². The molecule has 31 heavy (non-hydrogen) atoms. The van der Waals surface area contributed by atoms with Crippen molar-refractivity contribution in [2.45, 2.75) is 5.92 Å². The molecule has 1 saturated carbocycles. The Bertz CT molecular complexity index is 1130. The van der Waals surface area contributed by atoms with Gasteiger partial charge >= 0.3 is 0 Å². The molecule has 0 radical (unpaired) electrons. The van der Waals surface area contributed by atoms with Crippen molar-refractivity contribution in [3.05, 3.63) is 113 Å². The second kappa shape index (κ2) is 8.62. The van der Waals surface area contributed by atoms with Gasteiger partial charge in [0.15, 0.2) is 0 Å². The van der Waals surface area contributed by atoms with Crippen LogP contribution in [0.15, 0.2) is 91.0 Å². The number of allylic oxidation sites excluding steroid dienone is 1. The lowest BCUT2D eigenvalue weighted by Crippen LogP contribution is -2.46. The standard InChI is InChI=1S/C26H17ClO4/c27-19-13-11-18(12-14-19)22-25(30)23(28)21(24(29)26(22)31)15-20(16-7-3-1-4-8-16)17-9-5-2-6-10-17/h1-15,21-22H. The monoisotopic (exact) mass is 428 g/mol. The van der Waals surface area contributed by atoms with Gasteiger partial charge in [-0.1, -0.05) is 90.5 Å². The second-order valence-electron chi connectivity index (χ2n) is 7.23. The maximum Gasteiger partial charge on any atom is 0.214 e. The Morgan fingerprint density at radius 2 is 1.06 bits per heavy atom. The van der Waals surface area contributed by atoms with Gasteiger partial charge in [0.1, 0.15) is 11.8 Å². The molecule has 0 amide bonds. The smallest absolute Gasteiger partial charge is 0.214 e. The summed E-state index contributed by atoms with van der Waals surface area (Å²) >= 11 is 5.87. The zero-order valence-corrected chi connectivity index (χ0v) is 17.1. The molecule has 3 aromatic rings. The Hall–Kier alpha value is -3.63. The predicted octanol–water partition coefficient (Wildman–Crippen LogP) is 4.46. The molecule has 0 heterocycles. The molecule has 152 valence electrons. The number of carbonyl (C=O) groups excluding carboxylic acids is 4. The van der Waals surface area contributed by atoms with Crippen LogP contribution in [-0.2, 0) is 19.2 Å². The normalized spacial score (nSPS) is 18.7. The molecule has 1 aliphatic carbocycles. The highest BCUT2D eigenvalue weighted by atomic mass is 35.5. The molecule has 4 rings (SSSR count). The number of Topliss-reactive ketones (excluding diaryl/α,β-unsaturated/α-hetero) is 4. The average molecular weight is 429 g/mol. The third kappa shape index (κ3) is 4.03. The zero-order valence-electron chi connectivity index (χ0n) is 16.3. The average Bonchev–Trinajstić information content (AvgIpc) is 2.80. The van der Waals surface area contributed by atoms with Gasteiger partial charge in [-0.2, -0.15) is 0 Å². The van der Waals surface area contributed by atoms with E-state index in [2.05, 4.69) is 0 Å². The number of carbonyl (C=O) groups is 4. The van der Waals surface area contributed by atoms with Gasteiger partial charge in [-0.05, 0) is 34.4 Å². The Labute approximate surface area is 184 Å². The Kier molecular flexibility index (Phi) is 5.74. The molecule has 5 heteroatoms. The Balaban J connectivity index is 1.77. The van der Waals surface area contributed by atoms with E-state index >= 15 is 0 Å². The van der Waals surface area contributed by atoms with Crippen LogP contribution in [0.2, 0.25) is 5.02 Å². The van der Waals surface area contributed by atoms with Crippen LogP contribution in [0.1, 0.15) is 22.6 Å². The van der Waals surface area contributed by atoms with Crippen molar-refractivity contribution in [2.75, 3.05) is 0 Å². The topological polar surface area (TPSA) is 68.3 Å². The van der Waals surface area contributed by atoms with E-state index in [-0.39, 0.29) is 5.56 Å². The van der Waals surface area contributed by atoms with Crippen LogP contribution >= 0.6 is 11.6 Å². The minimum atomic E-state index is -1.45. The molecular formula is C26H17ClO4. The van der Waals surface area contributed by atoms with Gasteiger partial charge in [-0.3, -0.25) is 19.2 Å². The number of halogens is 1. The van der Waals surface area contributed by atoms with E-state index in [0.717, 1.165) is 11.1 Å². The van der Waals surface area contributed by atoms with E-state index in [1.807, 2.05) is 60.7 Å². The maximum atomic E-state index is 12.9. The number of hydrogen-bond donors (Lipinski definition) is 0. The summed E-state index contributed by atoms with van der Waals surface area (Å²) in [5.74, 6) is -6.39. The van der Waals surface area contributed by atoms with Crippen molar-refractivity contribution < 1.29 is 19.2 Å². The molecule has 0 saturated heterocycles. The number of benzene rings is 3. The molecule has 4 nitrogen and oxygen atoms in total. The molecule has 1 aliphatic rings. The molecule has 0 atom stereocenters. The molecular weight excluding hydrogens is 412 g/mol. The van der Waals surface area contributed by atoms with Crippen LogP contribution in [-0.4, -0.2) is 23.1 Å². The maximum absolute atomic E-state index is 12.9. The first kappa shape index (κ1) is 20.6. The quantitative estimate of drug-likeness (QED) is 0.454. The van der Waals surface area contributed by atoms with E-state index in [9.17, 15) is 19.2 Å².